The molecule has 0 aliphatic carbocycles. The number of ether oxygens (including phenoxy) is 1. The number of carbonyl (C=O) groups excluding carboxylic acids is 1. The predicted octanol–water partition coefficient (Wildman–Crippen LogP) is 11.3. The van der Waals surface area contributed by atoms with Crippen LogP contribution in [0.3, 0.4) is 0 Å². The minimum absolute atomic E-state index is 0.0888. The minimum atomic E-state index is -0.202. The van der Waals surface area contributed by atoms with Gasteiger partial charge >= 0.3 is 5.97 Å². The van der Waals surface area contributed by atoms with Gasteiger partial charge in [0, 0.05) is 5.57 Å². The van der Waals surface area contributed by atoms with E-state index in [1.54, 1.807) is 6.92 Å². The Morgan fingerprint density at radius 3 is 1.06 bits per heavy atom. The number of hydrogen-bond donors (Lipinski definition) is 0. The Balaban J connectivity index is 3.75. The van der Waals surface area contributed by atoms with Crippen molar-refractivity contribution < 1.29 is 9.53 Å². The van der Waals surface area contributed by atoms with Gasteiger partial charge in [-0.15, -0.1) is 0 Å². The van der Waals surface area contributed by atoms with Crippen molar-refractivity contribution in [2.45, 2.75) is 187 Å². The van der Waals surface area contributed by atoms with Crippen molar-refractivity contribution in [2.75, 3.05) is 0 Å². The van der Waals surface area contributed by atoms with Gasteiger partial charge in [-0.05, 0) is 32.6 Å². The van der Waals surface area contributed by atoms with Gasteiger partial charge in [0.2, 0.25) is 0 Å². The van der Waals surface area contributed by atoms with Crippen LogP contribution in [0.5, 0.6) is 0 Å². The lowest BCUT2D eigenvalue weighted by Crippen LogP contribution is -2.18. The number of carbonyl (C=O) groups is 1. The molecule has 0 aliphatic rings. The second-order valence-corrected chi connectivity index (χ2v) is 10.8. The largest absolute Gasteiger partial charge is 0.459 e. The first-order valence-corrected chi connectivity index (χ1v) is 15.5. The summed E-state index contributed by atoms with van der Waals surface area (Å²) in [7, 11) is 0. The summed E-state index contributed by atoms with van der Waals surface area (Å²) >= 11 is 0. The minimum Gasteiger partial charge on any atom is -0.459 e. The molecule has 0 aromatic heterocycles. The molecule has 0 N–H and O–H groups in total. The molecule has 0 rings (SSSR count). The van der Waals surface area contributed by atoms with Crippen molar-refractivity contribution in [3.8, 4) is 0 Å². The van der Waals surface area contributed by atoms with Crippen LogP contribution >= 0.6 is 0 Å². The molecule has 0 radical (unpaired) electrons. The van der Waals surface area contributed by atoms with Gasteiger partial charge in [0.05, 0.1) is 0 Å². The van der Waals surface area contributed by atoms with E-state index in [1.165, 1.54) is 148 Å². The quantitative estimate of drug-likeness (QED) is 0.0666. The van der Waals surface area contributed by atoms with Crippen molar-refractivity contribution >= 4 is 5.97 Å². The van der Waals surface area contributed by atoms with Crippen LogP contribution < -0.4 is 0 Å². The SMILES string of the molecule is C=C(C)C(=O)OC(CCCCCCCCCCCC)CCCCCCCCCCCCCCC. The van der Waals surface area contributed by atoms with Gasteiger partial charge in [0.15, 0.2) is 0 Å². The fourth-order valence-electron chi connectivity index (χ4n) is 4.76. The summed E-state index contributed by atoms with van der Waals surface area (Å²) < 4.78 is 5.76. The highest BCUT2D eigenvalue weighted by Crippen LogP contribution is 2.19. The molecule has 0 saturated carbocycles. The van der Waals surface area contributed by atoms with E-state index in [-0.39, 0.29) is 12.1 Å². The van der Waals surface area contributed by atoms with Crippen LogP contribution in [0, 0.1) is 0 Å². The Hall–Kier alpha value is -0.790. The monoisotopic (exact) mass is 478 g/mol. The molecule has 0 bridgehead atoms. The zero-order valence-electron chi connectivity index (χ0n) is 23.8. The van der Waals surface area contributed by atoms with E-state index in [2.05, 4.69) is 20.4 Å². The van der Waals surface area contributed by atoms with Crippen molar-refractivity contribution in [3.63, 3.8) is 0 Å². The van der Waals surface area contributed by atoms with Gasteiger partial charge in [-0.3, -0.25) is 0 Å². The average Bonchev–Trinajstić information content (AvgIpc) is 2.82. The number of rotatable bonds is 27. The first-order chi connectivity index (χ1) is 16.6. The molecular formula is C32H62O2. The Kier molecular flexibility index (Phi) is 26.2. The lowest BCUT2D eigenvalue weighted by Gasteiger charge is -2.18. The summed E-state index contributed by atoms with van der Waals surface area (Å²) in [6.45, 7) is 10.1. The molecule has 0 aliphatic heterocycles. The van der Waals surface area contributed by atoms with E-state index >= 15 is 0 Å². The second kappa shape index (κ2) is 26.8. The fraction of sp³-hybridized carbons (Fsp3) is 0.906. The van der Waals surface area contributed by atoms with Gasteiger partial charge < -0.3 is 4.74 Å². The highest BCUT2D eigenvalue weighted by Gasteiger charge is 2.14. The van der Waals surface area contributed by atoms with Crippen molar-refractivity contribution in [2.24, 2.45) is 0 Å². The molecule has 0 amide bonds. The van der Waals surface area contributed by atoms with Crippen LogP contribution in [0.15, 0.2) is 12.2 Å². The van der Waals surface area contributed by atoms with Crippen molar-refractivity contribution in [3.05, 3.63) is 12.2 Å². The van der Waals surface area contributed by atoms with Gasteiger partial charge in [0.1, 0.15) is 6.10 Å². The molecular weight excluding hydrogens is 416 g/mol. The molecule has 2 heteroatoms. The number of esters is 1. The number of unbranched alkanes of at least 4 members (excludes halogenated alkanes) is 21. The maximum Gasteiger partial charge on any atom is 0.333 e. The zero-order valence-corrected chi connectivity index (χ0v) is 23.8. The van der Waals surface area contributed by atoms with Crippen LogP contribution in [0.4, 0.5) is 0 Å². The van der Waals surface area contributed by atoms with Crippen molar-refractivity contribution in [1.29, 1.82) is 0 Å². The van der Waals surface area contributed by atoms with Crippen LogP contribution in [-0.4, -0.2) is 12.1 Å². The average molecular weight is 479 g/mol. The summed E-state index contributed by atoms with van der Waals surface area (Å²) in [5.74, 6) is -0.202. The molecule has 0 aromatic carbocycles. The van der Waals surface area contributed by atoms with E-state index in [4.69, 9.17) is 4.74 Å². The van der Waals surface area contributed by atoms with Crippen LogP contribution in [0.25, 0.3) is 0 Å². The van der Waals surface area contributed by atoms with Crippen LogP contribution in [0.2, 0.25) is 0 Å². The molecule has 0 spiro atoms. The van der Waals surface area contributed by atoms with E-state index in [0.717, 1.165) is 12.8 Å². The third-order valence-corrected chi connectivity index (χ3v) is 7.13. The predicted molar refractivity (Wildman–Crippen MR) is 151 cm³/mol. The summed E-state index contributed by atoms with van der Waals surface area (Å²) in [6.07, 6.45) is 33.5. The number of hydrogen-bond acceptors (Lipinski definition) is 2. The zero-order chi connectivity index (χ0) is 25.1. The van der Waals surface area contributed by atoms with Crippen LogP contribution in [0.1, 0.15) is 181 Å². The third kappa shape index (κ3) is 24.3. The van der Waals surface area contributed by atoms with Crippen LogP contribution in [-0.2, 0) is 9.53 Å². The Bertz CT molecular complexity index is 442. The molecule has 1 atom stereocenters. The fourth-order valence-corrected chi connectivity index (χ4v) is 4.76. The third-order valence-electron chi connectivity index (χ3n) is 7.13. The van der Waals surface area contributed by atoms with E-state index in [1.807, 2.05) is 0 Å². The topological polar surface area (TPSA) is 26.3 Å². The summed E-state index contributed by atoms with van der Waals surface area (Å²) in [5, 5.41) is 0. The highest BCUT2D eigenvalue weighted by molar-refractivity contribution is 5.87. The van der Waals surface area contributed by atoms with E-state index in [9.17, 15) is 4.79 Å². The van der Waals surface area contributed by atoms with E-state index < -0.39 is 0 Å². The Morgan fingerprint density at radius 2 is 0.794 bits per heavy atom. The lowest BCUT2D eigenvalue weighted by molar-refractivity contribution is -0.145. The summed E-state index contributed by atoms with van der Waals surface area (Å²) in [6, 6.07) is 0. The maximum atomic E-state index is 12.0. The summed E-state index contributed by atoms with van der Waals surface area (Å²) in [4.78, 5) is 12.0. The van der Waals surface area contributed by atoms with Gasteiger partial charge in [0.25, 0.3) is 0 Å². The molecule has 0 aromatic rings. The molecule has 1 unspecified atom stereocenters. The normalized spacial score (nSPS) is 12.1. The second-order valence-electron chi connectivity index (χ2n) is 10.8. The smallest absolute Gasteiger partial charge is 0.333 e. The Morgan fingerprint density at radius 1 is 0.529 bits per heavy atom. The first kappa shape index (κ1) is 33.2. The summed E-state index contributed by atoms with van der Waals surface area (Å²) in [5.41, 5.74) is 0.526. The van der Waals surface area contributed by atoms with Gasteiger partial charge in [-0.25, -0.2) is 4.79 Å². The van der Waals surface area contributed by atoms with Gasteiger partial charge in [-0.2, -0.15) is 0 Å². The van der Waals surface area contributed by atoms with E-state index in [0.29, 0.717) is 5.57 Å². The Labute approximate surface area is 215 Å². The molecule has 0 fully saturated rings. The maximum absolute atomic E-state index is 12.0. The molecule has 0 heterocycles. The molecule has 34 heavy (non-hydrogen) atoms. The lowest BCUT2D eigenvalue weighted by atomic mass is 10.0. The molecule has 2 nitrogen and oxygen atoms in total. The standard InChI is InChI=1S/C32H62O2/c1-5-7-9-11-13-15-17-18-19-21-23-25-27-29-31(34-32(33)30(3)4)28-26-24-22-20-16-14-12-10-8-6-2/h31H,3,5-29H2,1-2,4H3. The molecule has 0 saturated heterocycles. The molecule has 202 valence electrons. The van der Waals surface area contributed by atoms with Gasteiger partial charge in [-0.1, -0.05) is 155 Å². The highest BCUT2D eigenvalue weighted by atomic mass is 16.5. The first-order valence-electron chi connectivity index (χ1n) is 15.5. The van der Waals surface area contributed by atoms with Crippen molar-refractivity contribution in [1.82, 2.24) is 0 Å².